The molecular formula is C24H32Cl2N4O3. The van der Waals surface area contributed by atoms with Crippen molar-refractivity contribution in [1.82, 2.24) is 9.88 Å². The summed E-state index contributed by atoms with van der Waals surface area (Å²) in [5.74, 6) is 0.130. The summed E-state index contributed by atoms with van der Waals surface area (Å²) in [6, 6.07) is 11.4. The Bertz CT molecular complexity index is 932. The molecule has 0 bridgehead atoms. The van der Waals surface area contributed by atoms with Crippen LogP contribution >= 0.6 is 24.0 Å². The smallest absolute Gasteiger partial charge is 0.255 e. The van der Waals surface area contributed by atoms with Crippen molar-refractivity contribution in [3.05, 3.63) is 58.7 Å². The highest BCUT2D eigenvalue weighted by Crippen LogP contribution is 2.41. The molecule has 1 aliphatic carbocycles. The van der Waals surface area contributed by atoms with E-state index >= 15 is 0 Å². The highest BCUT2D eigenvalue weighted by molar-refractivity contribution is 6.30. The van der Waals surface area contributed by atoms with Crippen LogP contribution in [0.4, 0.5) is 5.82 Å². The van der Waals surface area contributed by atoms with Crippen LogP contribution in [-0.4, -0.2) is 54.5 Å². The highest BCUT2D eigenvalue weighted by Gasteiger charge is 2.38. The summed E-state index contributed by atoms with van der Waals surface area (Å²) in [5.41, 5.74) is 7.77. The molecule has 0 radical (unpaired) electrons. The number of carbonyl (C=O) groups is 2. The van der Waals surface area contributed by atoms with Gasteiger partial charge in [0.2, 0.25) is 5.91 Å². The van der Waals surface area contributed by atoms with Crippen LogP contribution in [0.3, 0.4) is 0 Å². The maximum atomic E-state index is 13.3. The van der Waals surface area contributed by atoms with E-state index in [1.807, 2.05) is 23.1 Å². The van der Waals surface area contributed by atoms with Crippen LogP contribution in [-0.2, 0) is 14.9 Å². The lowest BCUT2D eigenvalue weighted by molar-refractivity contribution is -0.114. The predicted octanol–water partition coefficient (Wildman–Crippen LogP) is 4.04. The molecular weight excluding hydrogens is 463 g/mol. The molecule has 1 aromatic carbocycles. The summed E-state index contributed by atoms with van der Waals surface area (Å²) in [6.07, 6.45) is 4.95. The van der Waals surface area contributed by atoms with Gasteiger partial charge in [0.25, 0.3) is 5.91 Å². The first-order valence-corrected chi connectivity index (χ1v) is 11.3. The first-order chi connectivity index (χ1) is 15.4. The fourth-order valence-corrected chi connectivity index (χ4v) is 4.67. The average Bonchev–Trinajstić information content (AvgIpc) is 2.80. The molecule has 1 fully saturated rings. The van der Waals surface area contributed by atoms with E-state index in [1.165, 1.54) is 18.7 Å². The van der Waals surface area contributed by atoms with Gasteiger partial charge in [-0.05, 0) is 55.5 Å². The van der Waals surface area contributed by atoms with Crippen molar-refractivity contribution in [2.45, 2.75) is 44.1 Å². The molecule has 7 nitrogen and oxygen atoms in total. The first kappa shape index (κ1) is 27.1. The number of pyridine rings is 1. The summed E-state index contributed by atoms with van der Waals surface area (Å²) in [4.78, 5) is 30.6. The number of anilines is 1. The number of ether oxygens (including phenoxy) is 1. The number of carbonyl (C=O) groups excluding carboxylic acids is 2. The number of rotatable bonds is 8. The van der Waals surface area contributed by atoms with Gasteiger partial charge in [0.15, 0.2) is 0 Å². The van der Waals surface area contributed by atoms with E-state index < -0.39 is 0 Å². The molecule has 180 valence electrons. The van der Waals surface area contributed by atoms with Crippen molar-refractivity contribution in [1.29, 1.82) is 0 Å². The molecule has 9 heteroatoms. The molecule has 1 aromatic heterocycles. The fourth-order valence-electron chi connectivity index (χ4n) is 4.48. The third kappa shape index (κ3) is 6.67. The molecule has 2 amide bonds. The van der Waals surface area contributed by atoms with E-state index in [9.17, 15) is 9.59 Å². The van der Waals surface area contributed by atoms with Gasteiger partial charge in [0.05, 0.1) is 12.2 Å². The Balaban J connectivity index is 0.00000385. The van der Waals surface area contributed by atoms with Crippen LogP contribution in [0.25, 0.3) is 0 Å². The Morgan fingerprint density at radius 1 is 1.27 bits per heavy atom. The molecule has 3 rings (SSSR count). The molecule has 0 atom stereocenters. The molecule has 33 heavy (non-hydrogen) atoms. The van der Waals surface area contributed by atoms with E-state index in [1.54, 1.807) is 19.2 Å². The Hall–Kier alpha value is -2.19. The van der Waals surface area contributed by atoms with Crippen LogP contribution < -0.4 is 11.1 Å². The van der Waals surface area contributed by atoms with E-state index in [0.717, 1.165) is 25.7 Å². The third-order valence-electron chi connectivity index (χ3n) is 6.29. The van der Waals surface area contributed by atoms with Gasteiger partial charge in [-0.2, -0.15) is 0 Å². The summed E-state index contributed by atoms with van der Waals surface area (Å²) in [6.45, 7) is 2.91. The van der Waals surface area contributed by atoms with Crippen molar-refractivity contribution in [2.75, 3.05) is 32.1 Å². The Morgan fingerprint density at radius 2 is 2.00 bits per heavy atom. The minimum atomic E-state index is -0.205. The normalized spacial score (nSPS) is 19.9. The minimum Gasteiger partial charge on any atom is -0.383 e. The van der Waals surface area contributed by atoms with E-state index in [0.29, 0.717) is 36.1 Å². The van der Waals surface area contributed by atoms with Gasteiger partial charge in [-0.3, -0.25) is 9.59 Å². The number of methoxy groups -OCH3 is 1. The van der Waals surface area contributed by atoms with E-state index in [-0.39, 0.29) is 35.7 Å². The van der Waals surface area contributed by atoms with Gasteiger partial charge >= 0.3 is 0 Å². The second-order valence-corrected chi connectivity index (χ2v) is 8.77. The van der Waals surface area contributed by atoms with Gasteiger partial charge in [-0.15, -0.1) is 12.4 Å². The number of nitrogens with two attached hydrogens (primary N) is 1. The van der Waals surface area contributed by atoms with Gasteiger partial charge in [0.1, 0.15) is 5.82 Å². The zero-order valence-electron chi connectivity index (χ0n) is 19.1. The largest absolute Gasteiger partial charge is 0.383 e. The number of hydrogen-bond acceptors (Lipinski definition) is 5. The molecule has 0 saturated heterocycles. The van der Waals surface area contributed by atoms with Gasteiger partial charge < -0.3 is 20.7 Å². The summed E-state index contributed by atoms with van der Waals surface area (Å²) < 4.78 is 5.26. The number of aromatic nitrogens is 1. The first-order valence-electron chi connectivity index (χ1n) is 10.9. The monoisotopic (exact) mass is 494 g/mol. The molecule has 1 saturated carbocycles. The Kier molecular flexibility index (Phi) is 10.1. The lowest BCUT2D eigenvalue weighted by Gasteiger charge is -2.43. The molecule has 1 heterocycles. The highest BCUT2D eigenvalue weighted by atomic mass is 35.5. The number of nitrogens with one attached hydrogen (secondary N) is 1. The Morgan fingerprint density at radius 3 is 2.55 bits per heavy atom. The zero-order valence-corrected chi connectivity index (χ0v) is 20.6. The van der Waals surface area contributed by atoms with Crippen LogP contribution in [0.5, 0.6) is 0 Å². The van der Waals surface area contributed by atoms with Crippen molar-refractivity contribution >= 4 is 41.6 Å². The number of hydrogen-bond donors (Lipinski definition) is 2. The lowest BCUT2D eigenvalue weighted by atomic mass is 9.68. The molecule has 0 aliphatic heterocycles. The maximum Gasteiger partial charge on any atom is 0.255 e. The maximum absolute atomic E-state index is 13.3. The van der Waals surface area contributed by atoms with Crippen LogP contribution in [0, 0.1) is 0 Å². The van der Waals surface area contributed by atoms with Crippen molar-refractivity contribution < 1.29 is 14.3 Å². The van der Waals surface area contributed by atoms with E-state index in [4.69, 9.17) is 22.1 Å². The quantitative estimate of drug-likeness (QED) is 0.576. The standard InChI is InChI=1S/C24H31ClN4O3.ClH/c1-17(30)28-22-7-6-18(15-27-22)23(31)29(12-13-32-2)21-8-10-24(16-26,11-9-21)19-4-3-5-20(25)14-19;/h3-7,14-15,21H,8-13,16,26H2,1-2H3,(H,27,28,30);1H/t21-,24-;. The fraction of sp³-hybridized carbons (Fsp3) is 0.458. The SMILES string of the molecule is COCCN(C(=O)c1ccc(NC(C)=O)nc1)[C@H]1CC[C@](CN)(c2cccc(Cl)c2)CC1.Cl. The number of amides is 2. The number of halogens is 2. The van der Waals surface area contributed by atoms with Crippen LogP contribution in [0.15, 0.2) is 42.6 Å². The Labute approximate surface area is 206 Å². The van der Waals surface area contributed by atoms with Gasteiger partial charge in [-0.1, -0.05) is 23.7 Å². The second kappa shape index (κ2) is 12.3. The minimum absolute atomic E-state index is 0. The lowest BCUT2D eigenvalue weighted by Crippen LogP contribution is -2.48. The predicted molar refractivity (Wildman–Crippen MR) is 133 cm³/mol. The number of benzene rings is 1. The van der Waals surface area contributed by atoms with E-state index in [2.05, 4.69) is 16.4 Å². The van der Waals surface area contributed by atoms with Crippen molar-refractivity contribution in [3.8, 4) is 0 Å². The average molecular weight is 495 g/mol. The van der Waals surface area contributed by atoms with Crippen molar-refractivity contribution in [3.63, 3.8) is 0 Å². The van der Waals surface area contributed by atoms with Gasteiger partial charge in [-0.25, -0.2) is 4.98 Å². The van der Waals surface area contributed by atoms with Gasteiger partial charge in [0, 0.05) is 49.8 Å². The molecule has 1 aliphatic rings. The third-order valence-corrected chi connectivity index (χ3v) is 6.53. The van der Waals surface area contributed by atoms with Crippen LogP contribution in [0.2, 0.25) is 5.02 Å². The molecule has 0 spiro atoms. The molecule has 2 aromatic rings. The zero-order chi connectivity index (χ0) is 23.1. The second-order valence-electron chi connectivity index (χ2n) is 8.33. The summed E-state index contributed by atoms with van der Waals surface area (Å²) in [7, 11) is 1.63. The van der Waals surface area contributed by atoms with Crippen molar-refractivity contribution in [2.24, 2.45) is 5.73 Å². The summed E-state index contributed by atoms with van der Waals surface area (Å²) >= 11 is 6.23. The summed E-state index contributed by atoms with van der Waals surface area (Å²) in [5, 5.41) is 3.33. The number of nitrogens with zero attached hydrogens (tertiary/aromatic N) is 2. The van der Waals surface area contributed by atoms with Crippen LogP contribution in [0.1, 0.15) is 48.5 Å². The topological polar surface area (TPSA) is 97.5 Å². The molecule has 0 unspecified atom stereocenters. The molecule has 3 N–H and O–H groups in total.